The van der Waals surface area contributed by atoms with Crippen molar-refractivity contribution in [3.05, 3.63) is 0 Å². The van der Waals surface area contributed by atoms with Crippen LogP contribution in [0.1, 0.15) is 34.1 Å². The average Bonchev–Trinajstić information content (AvgIpc) is 2.35. The molecule has 2 atom stereocenters. The molecule has 0 saturated carbocycles. The van der Waals surface area contributed by atoms with E-state index >= 15 is 0 Å². The standard InChI is InChI=1S/C14H22F3NO4/c1-5-21-11(19)9-8-18(12(20)22-13(2,3)4)7-6-10(9)14(15,16)17/h9-10H,5-8H2,1-4H3. The molecule has 0 aliphatic carbocycles. The molecule has 5 nitrogen and oxygen atoms in total. The van der Waals surface area contributed by atoms with E-state index in [0.717, 1.165) is 4.90 Å². The molecule has 1 aliphatic heterocycles. The van der Waals surface area contributed by atoms with Gasteiger partial charge in [-0.2, -0.15) is 13.2 Å². The number of alkyl halides is 3. The third-order valence-electron chi connectivity index (χ3n) is 3.27. The predicted octanol–water partition coefficient (Wildman–Crippen LogP) is 2.99. The van der Waals surface area contributed by atoms with Gasteiger partial charge in [0.05, 0.1) is 18.4 Å². The Bertz CT molecular complexity index is 417. The zero-order valence-electron chi connectivity index (χ0n) is 13.2. The fourth-order valence-electron chi connectivity index (χ4n) is 2.32. The lowest BCUT2D eigenvalue weighted by Crippen LogP contribution is -2.51. The third-order valence-corrected chi connectivity index (χ3v) is 3.27. The van der Waals surface area contributed by atoms with Gasteiger partial charge in [-0.1, -0.05) is 0 Å². The molecule has 0 bridgehead atoms. The molecule has 22 heavy (non-hydrogen) atoms. The summed E-state index contributed by atoms with van der Waals surface area (Å²) in [6.07, 6.45) is -5.56. The first-order chi connectivity index (χ1) is 9.95. The van der Waals surface area contributed by atoms with Gasteiger partial charge in [0.1, 0.15) is 5.60 Å². The highest BCUT2D eigenvalue weighted by Gasteiger charge is 2.51. The molecule has 0 spiro atoms. The van der Waals surface area contributed by atoms with Crippen LogP contribution in [0.2, 0.25) is 0 Å². The van der Waals surface area contributed by atoms with Crippen LogP contribution in [0.15, 0.2) is 0 Å². The summed E-state index contributed by atoms with van der Waals surface area (Å²) in [6, 6.07) is 0. The van der Waals surface area contributed by atoms with Gasteiger partial charge in [0.15, 0.2) is 0 Å². The van der Waals surface area contributed by atoms with Crippen molar-refractivity contribution in [2.45, 2.75) is 45.9 Å². The van der Waals surface area contributed by atoms with E-state index in [2.05, 4.69) is 0 Å². The zero-order chi connectivity index (χ0) is 17.1. The maximum Gasteiger partial charge on any atom is 0.410 e. The maximum atomic E-state index is 13.0. The predicted molar refractivity (Wildman–Crippen MR) is 72.1 cm³/mol. The van der Waals surface area contributed by atoms with Crippen LogP contribution < -0.4 is 0 Å². The molecule has 1 fully saturated rings. The van der Waals surface area contributed by atoms with E-state index in [1.807, 2.05) is 0 Å². The molecular weight excluding hydrogens is 303 g/mol. The smallest absolute Gasteiger partial charge is 0.410 e. The largest absolute Gasteiger partial charge is 0.466 e. The van der Waals surface area contributed by atoms with Crippen molar-refractivity contribution in [3.8, 4) is 0 Å². The molecule has 0 aromatic rings. The minimum absolute atomic E-state index is 0.00759. The fourth-order valence-corrected chi connectivity index (χ4v) is 2.32. The first kappa shape index (κ1) is 18.6. The Kier molecular flexibility index (Phi) is 5.70. The second-order valence-corrected chi connectivity index (χ2v) is 6.22. The van der Waals surface area contributed by atoms with Crippen LogP contribution >= 0.6 is 0 Å². The van der Waals surface area contributed by atoms with Crippen LogP contribution in [0.4, 0.5) is 18.0 Å². The Balaban J connectivity index is 2.86. The number of nitrogens with zero attached hydrogens (tertiary/aromatic N) is 1. The van der Waals surface area contributed by atoms with Crippen molar-refractivity contribution in [1.29, 1.82) is 0 Å². The molecule has 0 radical (unpaired) electrons. The summed E-state index contributed by atoms with van der Waals surface area (Å²) in [5.41, 5.74) is -0.753. The van der Waals surface area contributed by atoms with E-state index in [1.54, 1.807) is 20.8 Å². The van der Waals surface area contributed by atoms with Gasteiger partial charge in [-0.3, -0.25) is 4.79 Å². The van der Waals surface area contributed by atoms with Gasteiger partial charge in [-0.25, -0.2) is 4.79 Å². The van der Waals surface area contributed by atoms with Crippen LogP contribution in [-0.4, -0.2) is 48.4 Å². The number of esters is 1. The van der Waals surface area contributed by atoms with Crippen molar-refractivity contribution >= 4 is 12.1 Å². The molecule has 128 valence electrons. The molecule has 0 N–H and O–H groups in total. The van der Waals surface area contributed by atoms with E-state index in [9.17, 15) is 22.8 Å². The summed E-state index contributed by atoms with van der Waals surface area (Å²) in [5.74, 6) is -4.15. The minimum Gasteiger partial charge on any atom is -0.466 e. The fraction of sp³-hybridized carbons (Fsp3) is 0.857. The summed E-state index contributed by atoms with van der Waals surface area (Å²) in [5, 5.41) is 0. The number of carbonyl (C=O) groups is 2. The van der Waals surface area contributed by atoms with Crippen LogP contribution in [0.3, 0.4) is 0 Å². The highest BCUT2D eigenvalue weighted by molar-refractivity contribution is 5.75. The Morgan fingerprint density at radius 2 is 1.82 bits per heavy atom. The minimum atomic E-state index is -4.50. The number of amides is 1. The van der Waals surface area contributed by atoms with Crippen LogP contribution in [0, 0.1) is 11.8 Å². The van der Waals surface area contributed by atoms with Crippen LogP contribution in [0.25, 0.3) is 0 Å². The lowest BCUT2D eigenvalue weighted by molar-refractivity contribution is -0.207. The van der Waals surface area contributed by atoms with Gasteiger partial charge in [0, 0.05) is 13.1 Å². The second-order valence-electron chi connectivity index (χ2n) is 6.22. The van der Waals surface area contributed by atoms with Crippen molar-refractivity contribution in [3.63, 3.8) is 0 Å². The molecule has 1 saturated heterocycles. The number of likely N-dealkylation sites (tertiary alicyclic amines) is 1. The summed E-state index contributed by atoms with van der Waals surface area (Å²) in [4.78, 5) is 24.9. The van der Waals surface area contributed by atoms with Gasteiger partial charge in [-0.15, -0.1) is 0 Å². The quantitative estimate of drug-likeness (QED) is 0.733. The van der Waals surface area contributed by atoms with Crippen LogP contribution in [0.5, 0.6) is 0 Å². The second kappa shape index (κ2) is 6.75. The Morgan fingerprint density at radius 3 is 2.27 bits per heavy atom. The Labute approximate surface area is 127 Å². The number of piperidine rings is 1. The van der Waals surface area contributed by atoms with Crippen LogP contribution in [-0.2, 0) is 14.3 Å². The van der Waals surface area contributed by atoms with E-state index < -0.39 is 35.7 Å². The molecule has 0 aromatic carbocycles. The molecular formula is C14H22F3NO4. The summed E-state index contributed by atoms with van der Waals surface area (Å²) in [7, 11) is 0. The van der Waals surface area contributed by atoms with Gasteiger partial charge in [0.2, 0.25) is 0 Å². The van der Waals surface area contributed by atoms with E-state index in [0.29, 0.717) is 0 Å². The number of hydrogen-bond donors (Lipinski definition) is 0. The summed E-state index contributed by atoms with van der Waals surface area (Å²) in [6.45, 7) is 6.05. The topological polar surface area (TPSA) is 55.8 Å². The van der Waals surface area contributed by atoms with Gasteiger partial charge >= 0.3 is 18.2 Å². The van der Waals surface area contributed by atoms with Crippen molar-refractivity contribution in [2.24, 2.45) is 11.8 Å². The van der Waals surface area contributed by atoms with E-state index in [4.69, 9.17) is 9.47 Å². The van der Waals surface area contributed by atoms with Crippen molar-refractivity contribution in [1.82, 2.24) is 4.90 Å². The third kappa shape index (κ3) is 5.06. The lowest BCUT2D eigenvalue weighted by Gasteiger charge is -2.38. The highest BCUT2D eigenvalue weighted by Crippen LogP contribution is 2.38. The van der Waals surface area contributed by atoms with Gasteiger partial charge in [0.25, 0.3) is 0 Å². The average molecular weight is 325 g/mol. The lowest BCUT2D eigenvalue weighted by atomic mass is 9.85. The van der Waals surface area contributed by atoms with E-state index in [1.165, 1.54) is 6.92 Å². The van der Waals surface area contributed by atoms with Crippen molar-refractivity contribution in [2.75, 3.05) is 19.7 Å². The van der Waals surface area contributed by atoms with Gasteiger partial charge < -0.3 is 14.4 Å². The first-order valence-corrected chi connectivity index (χ1v) is 7.17. The number of halogens is 3. The molecule has 1 rings (SSSR count). The first-order valence-electron chi connectivity index (χ1n) is 7.17. The SMILES string of the molecule is CCOC(=O)C1CN(C(=O)OC(C)(C)C)CCC1C(F)(F)F. The molecule has 2 unspecified atom stereocenters. The number of carbonyl (C=O) groups excluding carboxylic acids is 2. The highest BCUT2D eigenvalue weighted by atomic mass is 19.4. The number of rotatable bonds is 2. The monoisotopic (exact) mass is 325 g/mol. The Morgan fingerprint density at radius 1 is 1.23 bits per heavy atom. The summed E-state index contributed by atoms with van der Waals surface area (Å²) >= 11 is 0. The molecule has 0 aromatic heterocycles. The molecule has 1 heterocycles. The normalized spacial score (nSPS) is 23.1. The summed E-state index contributed by atoms with van der Waals surface area (Å²) < 4.78 is 49.0. The number of ether oxygens (including phenoxy) is 2. The van der Waals surface area contributed by atoms with E-state index in [-0.39, 0.29) is 26.1 Å². The van der Waals surface area contributed by atoms with Crippen molar-refractivity contribution < 1.29 is 32.2 Å². The molecule has 1 amide bonds. The maximum absolute atomic E-state index is 13.0. The molecule has 8 heteroatoms. The zero-order valence-corrected chi connectivity index (χ0v) is 13.2. The molecule has 1 aliphatic rings. The Hall–Kier alpha value is -1.47. The van der Waals surface area contributed by atoms with Gasteiger partial charge in [-0.05, 0) is 34.1 Å². The number of hydrogen-bond acceptors (Lipinski definition) is 4.